The third-order valence-electron chi connectivity index (χ3n) is 5.24. The molecule has 22 heavy (non-hydrogen) atoms. The molecule has 1 aromatic rings. The van der Waals surface area contributed by atoms with Gasteiger partial charge in [0.1, 0.15) is 5.82 Å². The molecule has 2 fully saturated rings. The molecule has 3 nitrogen and oxygen atoms in total. The van der Waals surface area contributed by atoms with Gasteiger partial charge in [-0.25, -0.2) is 4.39 Å². The Balaban J connectivity index is 1.63. The maximum absolute atomic E-state index is 14.4. The summed E-state index contributed by atoms with van der Waals surface area (Å²) in [6.45, 7) is 5.03. The van der Waals surface area contributed by atoms with E-state index in [1.165, 1.54) is 6.42 Å². The van der Waals surface area contributed by atoms with Crippen LogP contribution in [0.3, 0.4) is 0 Å². The van der Waals surface area contributed by atoms with Gasteiger partial charge in [-0.15, -0.1) is 0 Å². The Hall–Kier alpha value is -1.13. The summed E-state index contributed by atoms with van der Waals surface area (Å²) in [6.07, 6.45) is 5.74. The zero-order valence-electron chi connectivity index (χ0n) is 13.4. The van der Waals surface area contributed by atoms with Crippen LogP contribution in [0.25, 0.3) is 0 Å². The van der Waals surface area contributed by atoms with Gasteiger partial charge in [0, 0.05) is 37.7 Å². The highest BCUT2D eigenvalue weighted by molar-refractivity contribution is 5.49. The van der Waals surface area contributed by atoms with Crippen molar-refractivity contribution < 1.29 is 9.50 Å². The fourth-order valence-corrected chi connectivity index (χ4v) is 3.24. The predicted octanol–water partition coefficient (Wildman–Crippen LogP) is 3.24. The van der Waals surface area contributed by atoms with Crippen LogP contribution in [0.1, 0.15) is 50.6 Å². The van der Waals surface area contributed by atoms with Crippen molar-refractivity contribution in [3.05, 3.63) is 29.6 Å². The molecule has 0 bridgehead atoms. The monoisotopic (exact) mass is 306 g/mol. The van der Waals surface area contributed by atoms with Gasteiger partial charge in [0.05, 0.1) is 5.69 Å². The molecule has 1 saturated carbocycles. The van der Waals surface area contributed by atoms with Crippen LogP contribution in [-0.2, 0) is 0 Å². The number of nitrogens with zero attached hydrogens (tertiary/aromatic N) is 1. The van der Waals surface area contributed by atoms with E-state index in [2.05, 4.69) is 17.1 Å². The molecule has 2 aliphatic rings. The minimum absolute atomic E-state index is 0.0839. The van der Waals surface area contributed by atoms with Crippen LogP contribution in [0.4, 0.5) is 10.1 Å². The second-order valence-electron chi connectivity index (χ2n) is 7.02. The van der Waals surface area contributed by atoms with Crippen molar-refractivity contribution in [2.45, 2.75) is 45.1 Å². The Morgan fingerprint density at radius 2 is 2.00 bits per heavy atom. The summed E-state index contributed by atoms with van der Waals surface area (Å²) < 4.78 is 14.4. The molecule has 1 aromatic carbocycles. The van der Waals surface area contributed by atoms with Crippen molar-refractivity contribution in [1.82, 2.24) is 5.32 Å². The summed E-state index contributed by atoms with van der Waals surface area (Å²) in [5.41, 5.74) is 1.80. The van der Waals surface area contributed by atoms with Gasteiger partial charge in [-0.3, -0.25) is 0 Å². The average Bonchev–Trinajstić information content (AvgIpc) is 3.34. The molecule has 122 valence electrons. The second kappa shape index (κ2) is 6.55. The number of piperidine rings is 1. The molecule has 3 rings (SSSR count). The van der Waals surface area contributed by atoms with Crippen LogP contribution < -0.4 is 10.2 Å². The Morgan fingerprint density at radius 3 is 2.59 bits per heavy atom. The van der Waals surface area contributed by atoms with E-state index in [1.54, 1.807) is 6.07 Å². The molecule has 4 heteroatoms. The van der Waals surface area contributed by atoms with Gasteiger partial charge in [-0.2, -0.15) is 0 Å². The largest absolute Gasteiger partial charge is 0.396 e. The molecule has 1 atom stereocenters. The highest BCUT2D eigenvalue weighted by Gasteiger charge is 2.41. The van der Waals surface area contributed by atoms with Gasteiger partial charge in [0.15, 0.2) is 0 Å². The quantitative estimate of drug-likeness (QED) is 0.847. The zero-order valence-corrected chi connectivity index (χ0v) is 13.4. The first-order valence-corrected chi connectivity index (χ1v) is 8.52. The van der Waals surface area contributed by atoms with E-state index in [1.807, 2.05) is 12.1 Å². The number of nitrogens with one attached hydrogen (secondary N) is 1. The van der Waals surface area contributed by atoms with Crippen molar-refractivity contribution in [3.8, 4) is 0 Å². The lowest BCUT2D eigenvalue weighted by atomic mass is 10.0. The normalized spacial score (nSPS) is 21.7. The molecule has 1 heterocycles. The minimum atomic E-state index is -0.114. The summed E-state index contributed by atoms with van der Waals surface area (Å²) in [5, 5.41) is 12.8. The molecule has 1 aliphatic carbocycles. The van der Waals surface area contributed by atoms with Crippen LogP contribution in [-0.4, -0.2) is 31.3 Å². The topological polar surface area (TPSA) is 35.5 Å². The average molecular weight is 306 g/mol. The van der Waals surface area contributed by atoms with Gasteiger partial charge in [0.2, 0.25) is 0 Å². The summed E-state index contributed by atoms with van der Waals surface area (Å²) in [6, 6.07) is 5.73. The lowest BCUT2D eigenvalue weighted by Gasteiger charge is -2.29. The van der Waals surface area contributed by atoms with E-state index in [-0.39, 0.29) is 23.9 Å². The summed E-state index contributed by atoms with van der Waals surface area (Å²) in [5.74, 6) is -0.114. The van der Waals surface area contributed by atoms with Crippen molar-refractivity contribution >= 4 is 5.69 Å². The minimum Gasteiger partial charge on any atom is -0.396 e. The highest BCUT2D eigenvalue weighted by atomic mass is 19.1. The molecule has 0 aromatic heterocycles. The Kier molecular flexibility index (Phi) is 4.69. The molecule has 1 saturated heterocycles. The number of hydrogen-bond acceptors (Lipinski definition) is 3. The number of aliphatic hydroxyl groups excluding tert-OH is 1. The lowest BCUT2D eigenvalue weighted by Crippen LogP contribution is -2.30. The maximum Gasteiger partial charge on any atom is 0.146 e. The van der Waals surface area contributed by atoms with Gasteiger partial charge in [-0.05, 0) is 56.7 Å². The van der Waals surface area contributed by atoms with E-state index in [0.29, 0.717) is 0 Å². The van der Waals surface area contributed by atoms with Gasteiger partial charge in [-0.1, -0.05) is 6.07 Å². The molecular formula is C18H27FN2O. The number of rotatable bonds is 6. The molecule has 0 radical (unpaired) electrons. The van der Waals surface area contributed by atoms with E-state index in [0.717, 1.165) is 56.6 Å². The lowest BCUT2D eigenvalue weighted by molar-refractivity contribution is 0.204. The summed E-state index contributed by atoms with van der Waals surface area (Å²) >= 11 is 0. The standard InChI is InChI=1S/C18H27FN2O/c1-14(20-12-18(13-22)7-8-18)15-5-6-17(16(19)11-15)21-9-3-2-4-10-21/h5-6,11,14,20,22H,2-4,7-10,12-13H2,1H3. The molecule has 2 N–H and O–H groups in total. The Morgan fingerprint density at radius 1 is 1.27 bits per heavy atom. The SMILES string of the molecule is CC(NCC1(CO)CC1)c1ccc(N2CCCCC2)c(F)c1. The zero-order chi connectivity index (χ0) is 15.6. The van der Waals surface area contributed by atoms with Crippen LogP contribution in [0, 0.1) is 11.2 Å². The van der Waals surface area contributed by atoms with Gasteiger partial charge < -0.3 is 15.3 Å². The van der Waals surface area contributed by atoms with Crippen molar-refractivity contribution in [1.29, 1.82) is 0 Å². The Bertz CT molecular complexity index is 510. The number of hydrogen-bond donors (Lipinski definition) is 2. The van der Waals surface area contributed by atoms with Crippen LogP contribution in [0.5, 0.6) is 0 Å². The van der Waals surface area contributed by atoms with Gasteiger partial charge in [0.25, 0.3) is 0 Å². The van der Waals surface area contributed by atoms with Crippen molar-refractivity contribution in [2.75, 3.05) is 31.1 Å². The van der Waals surface area contributed by atoms with Crippen molar-refractivity contribution in [2.24, 2.45) is 5.41 Å². The van der Waals surface area contributed by atoms with E-state index in [4.69, 9.17) is 0 Å². The van der Waals surface area contributed by atoms with E-state index < -0.39 is 0 Å². The summed E-state index contributed by atoms with van der Waals surface area (Å²) in [4.78, 5) is 2.16. The van der Waals surface area contributed by atoms with E-state index in [9.17, 15) is 9.50 Å². The fourth-order valence-electron chi connectivity index (χ4n) is 3.24. The summed E-state index contributed by atoms with van der Waals surface area (Å²) in [7, 11) is 0. The molecule has 0 spiro atoms. The number of anilines is 1. The first kappa shape index (κ1) is 15.8. The maximum atomic E-state index is 14.4. The third-order valence-corrected chi connectivity index (χ3v) is 5.24. The Labute approximate surface area is 132 Å². The first-order chi connectivity index (χ1) is 10.6. The smallest absolute Gasteiger partial charge is 0.146 e. The number of aliphatic hydroxyl groups is 1. The number of benzene rings is 1. The van der Waals surface area contributed by atoms with Gasteiger partial charge >= 0.3 is 0 Å². The van der Waals surface area contributed by atoms with Crippen molar-refractivity contribution in [3.63, 3.8) is 0 Å². The molecule has 1 aliphatic heterocycles. The van der Waals surface area contributed by atoms with Crippen LogP contribution >= 0.6 is 0 Å². The highest BCUT2D eigenvalue weighted by Crippen LogP contribution is 2.44. The second-order valence-corrected chi connectivity index (χ2v) is 7.02. The molecule has 0 amide bonds. The number of halogens is 1. The predicted molar refractivity (Wildman–Crippen MR) is 87.6 cm³/mol. The molecular weight excluding hydrogens is 279 g/mol. The third kappa shape index (κ3) is 3.44. The fraction of sp³-hybridized carbons (Fsp3) is 0.667. The first-order valence-electron chi connectivity index (χ1n) is 8.52. The van der Waals surface area contributed by atoms with Crippen LogP contribution in [0.2, 0.25) is 0 Å². The molecule has 1 unspecified atom stereocenters. The van der Waals surface area contributed by atoms with E-state index >= 15 is 0 Å². The van der Waals surface area contributed by atoms with Crippen LogP contribution in [0.15, 0.2) is 18.2 Å².